The molecule has 0 unspecified atom stereocenters. The summed E-state index contributed by atoms with van der Waals surface area (Å²) in [5.41, 5.74) is 4.81. The van der Waals surface area contributed by atoms with Gasteiger partial charge in [0.05, 0.1) is 6.54 Å². The van der Waals surface area contributed by atoms with Crippen molar-refractivity contribution >= 4 is 17.6 Å². The summed E-state index contributed by atoms with van der Waals surface area (Å²) in [6, 6.07) is 19.4. The second-order valence-electron chi connectivity index (χ2n) is 8.30. The summed E-state index contributed by atoms with van der Waals surface area (Å²) in [7, 11) is 0. The number of anilines is 1. The lowest BCUT2D eigenvalue weighted by atomic mass is 9.87. The number of guanidine groups is 1. The molecule has 0 atom stereocenters. The quantitative estimate of drug-likeness (QED) is 0.474. The van der Waals surface area contributed by atoms with Gasteiger partial charge in [0.15, 0.2) is 0 Å². The smallest absolute Gasteiger partial charge is 0.257 e. The zero-order valence-corrected chi connectivity index (χ0v) is 17.9. The molecule has 154 valence electrons. The predicted molar refractivity (Wildman–Crippen MR) is 123 cm³/mol. The van der Waals surface area contributed by atoms with E-state index >= 15 is 0 Å². The van der Waals surface area contributed by atoms with E-state index in [0.717, 1.165) is 16.8 Å². The van der Waals surface area contributed by atoms with E-state index in [2.05, 4.69) is 41.4 Å². The van der Waals surface area contributed by atoms with Crippen LogP contribution in [0.3, 0.4) is 0 Å². The first kappa shape index (κ1) is 21.2. The second kappa shape index (κ2) is 9.35. The molecule has 3 aromatic rings. The number of nitrogens with one attached hydrogen (secondary N) is 2. The standard InChI is InChI=1S/C25H28N4O/c1-18-6-5-7-22(16-18)28-24(27-17-19-12-14-26-15-13-19)29-23(30)20-8-10-21(11-9-20)25(2,3)4/h5-16H,17H2,1-4H3,(H2,27,28,29,30). The molecule has 1 heterocycles. The van der Waals surface area contributed by atoms with E-state index in [0.29, 0.717) is 18.1 Å². The summed E-state index contributed by atoms with van der Waals surface area (Å²) >= 11 is 0. The molecule has 0 aliphatic rings. The molecule has 0 bridgehead atoms. The van der Waals surface area contributed by atoms with Crippen molar-refractivity contribution < 1.29 is 4.79 Å². The Morgan fingerprint density at radius 1 is 1.00 bits per heavy atom. The maximum absolute atomic E-state index is 12.8. The number of nitrogens with zero attached hydrogens (tertiary/aromatic N) is 2. The molecule has 0 saturated heterocycles. The van der Waals surface area contributed by atoms with Gasteiger partial charge in [0.2, 0.25) is 5.96 Å². The average Bonchev–Trinajstić information content (AvgIpc) is 2.72. The Bertz CT molecular complexity index is 1020. The van der Waals surface area contributed by atoms with Crippen molar-refractivity contribution in [2.24, 2.45) is 4.99 Å². The molecule has 2 aromatic carbocycles. The highest BCUT2D eigenvalue weighted by Crippen LogP contribution is 2.22. The molecule has 30 heavy (non-hydrogen) atoms. The first-order chi connectivity index (χ1) is 14.3. The summed E-state index contributed by atoms with van der Waals surface area (Å²) in [6.45, 7) is 8.90. The highest BCUT2D eigenvalue weighted by Gasteiger charge is 2.15. The molecule has 5 heteroatoms. The third-order valence-electron chi connectivity index (χ3n) is 4.69. The van der Waals surface area contributed by atoms with Crippen LogP contribution in [0.2, 0.25) is 0 Å². The average molecular weight is 401 g/mol. The monoisotopic (exact) mass is 400 g/mol. The van der Waals surface area contributed by atoms with Crippen molar-refractivity contribution in [1.82, 2.24) is 10.3 Å². The van der Waals surface area contributed by atoms with E-state index in [1.807, 2.05) is 67.6 Å². The van der Waals surface area contributed by atoms with Crippen LogP contribution in [-0.2, 0) is 12.0 Å². The van der Waals surface area contributed by atoms with Crippen LogP contribution >= 0.6 is 0 Å². The predicted octanol–water partition coefficient (Wildman–Crippen LogP) is 5.09. The Hall–Kier alpha value is -3.47. The van der Waals surface area contributed by atoms with Crippen molar-refractivity contribution in [2.75, 3.05) is 5.32 Å². The normalized spacial score (nSPS) is 11.8. The number of aromatic nitrogens is 1. The van der Waals surface area contributed by atoms with Gasteiger partial charge in [0, 0.05) is 23.6 Å². The van der Waals surface area contributed by atoms with Crippen molar-refractivity contribution in [3.8, 4) is 0 Å². The fourth-order valence-electron chi connectivity index (χ4n) is 2.93. The summed E-state index contributed by atoms with van der Waals surface area (Å²) < 4.78 is 0. The van der Waals surface area contributed by atoms with Gasteiger partial charge in [-0.2, -0.15) is 0 Å². The number of carbonyl (C=O) groups excluding carboxylic acids is 1. The van der Waals surface area contributed by atoms with Gasteiger partial charge in [-0.3, -0.25) is 15.1 Å². The lowest BCUT2D eigenvalue weighted by Crippen LogP contribution is -2.36. The van der Waals surface area contributed by atoms with E-state index < -0.39 is 0 Å². The summed E-state index contributed by atoms with van der Waals surface area (Å²) in [4.78, 5) is 21.5. The minimum atomic E-state index is -0.205. The van der Waals surface area contributed by atoms with Gasteiger partial charge in [0.25, 0.3) is 5.91 Å². The maximum atomic E-state index is 12.8. The Morgan fingerprint density at radius 2 is 1.70 bits per heavy atom. The van der Waals surface area contributed by atoms with Crippen LogP contribution in [-0.4, -0.2) is 16.9 Å². The van der Waals surface area contributed by atoms with Crippen LogP contribution in [0.5, 0.6) is 0 Å². The SMILES string of the molecule is Cc1cccc(NC(=NCc2ccncc2)NC(=O)c2ccc(C(C)(C)C)cc2)c1. The lowest BCUT2D eigenvalue weighted by Gasteiger charge is -2.19. The fourth-order valence-corrected chi connectivity index (χ4v) is 2.93. The highest BCUT2D eigenvalue weighted by molar-refractivity contribution is 6.10. The first-order valence-electron chi connectivity index (χ1n) is 10.0. The van der Waals surface area contributed by atoms with E-state index in [4.69, 9.17) is 0 Å². The lowest BCUT2D eigenvalue weighted by molar-refractivity contribution is 0.0977. The van der Waals surface area contributed by atoms with E-state index in [1.165, 1.54) is 5.56 Å². The molecule has 0 aliphatic heterocycles. The zero-order chi connectivity index (χ0) is 21.6. The maximum Gasteiger partial charge on any atom is 0.257 e. The van der Waals surface area contributed by atoms with Gasteiger partial charge in [-0.05, 0) is 65.4 Å². The van der Waals surface area contributed by atoms with Gasteiger partial charge in [0.1, 0.15) is 0 Å². The number of aliphatic imine (C=N–C) groups is 1. The number of amides is 1. The van der Waals surface area contributed by atoms with E-state index in [-0.39, 0.29) is 11.3 Å². The van der Waals surface area contributed by atoms with Crippen molar-refractivity contribution in [1.29, 1.82) is 0 Å². The highest BCUT2D eigenvalue weighted by atomic mass is 16.1. The molecule has 3 rings (SSSR count). The number of hydrogen-bond acceptors (Lipinski definition) is 3. The molecular weight excluding hydrogens is 372 g/mol. The minimum absolute atomic E-state index is 0.0406. The third kappa shape index (κ3) is 6.01. The van der Waals surface area contributed by atoms with Gasteiger partial charge in [-0.25, -0.2) is 4.99 Å². The van der Waals surface area contributed by atoms with Crippen LogP contribution in [0.1, 0.15) is 47.8 Å². The molecule has 1 aromatic heterocycles. The Kier molecular flexibility index (Phi) is 6.62. The molecular formula is C25H28N4O. The molecule has 1 amide bonds. The molecule has 0 radical (unpaired) electrons. The Labute approximate surface area is 178 Å². The largest absolute Gasteiger partial charge is 0.326 e. The topological polar surface area (TPSA) is 66.4 Å². The first-order valence-corrected chi connectivity index (χ1v) is 10.0. The molecule has 0 aliphatic carbocycles. The van der Waals surface area contributed by atoms with Crippen LogP contribution < -0.4 is 10.6 Å². The second-order valence-corrected chi connectivity index (χ2v) is 8.30. The Balaban J connectivity index is 1.79. The third-order valence-corrected chi connectivity index (χ3v) is 4.69. The molecule has 0 spiro atoms. The number of benzene rings is 2. The number of aryl methyl sites for hydroxylation is 1. The van der Waals surface area contributed by atoms with Crippen LogP contribution in [0.15, 0.2) is 78.0 Å². The van der Waals surface area contributed by atoms with Gasteiger partial charge < -0.3 is 5.32 Å². The number of pyridine rings is 1. The fraction of sp³-hybridized carbons (Fsp3) is 0.240. The van der Waals surface area contributed by atoms with Crippen molar-refractivity contribution in [3.63, 3.8) is 0 Å². The van der Waals surface area contributed by atoms with Crippen molar-refractivity contribution in [2.45, 2.75) is 39.7 Å². The number of rotatable bonds is 4. The van der Waals surface area contributed by atoms with Crippen LogP contribution in [0.4, 0.5) is 5.69 Å². The summed E-state index contributed by atoms with van der Waals surface area (Å²) in [6.07, 6.45) is 3.46. The zero-order valence-electron chi connectivity index (χ0n) is 17.9. The van der Waals surface area contributed by atoms with Gasteiger partial charge >= 0.3 is 0 Å². The van der Waals surface area contributed by atoms with Crippen LogP contribution in [0, 0.1) is 6.92 Å². The van der Waals surface area contributed by atoms with Gasteiger partial charge in [-0.1, -0.05) is 45.0 Å². The Morgan fingerprint density at radius 3 is 2.33 bits per heavy atom. The van der Waals surface area contributed by atoms with Crippen molar-refractivity contribution in [3.05, 3.63) is 95.3 Å². The molecule has 0 fully saturated rings. The minimum Gasteiger partial charge on any atom is -0.326 e. The van der Waals surface area contributed by atoms with E-state index in [9.17, 15) is 4.79 Å². The van der Waals surface area contributed by atoms with Gasteiger partial charge in [-0.15, -0.1) is 0 Å². The number of carbonyl (C=O) groups is 1. The number of hydrogen-bond donors (Lipinski definition) is 2. The molecule has 0 saturated carbocycles. The summed E-state index contributed by atoms with van der Waals surface area (Å²) in [5, 5.41) is 6.14. The molecule has 5 nitrogen and oxygen atoms in total. The summed E-state index contributed by atoms with van der Waals surface area (Å²) in [5.74, 6) is 0.200. The molecule has 2 N–H and O–H groups in total. The van der Waals surface area contributed by atoms with Crippen LogP contribution in [0.25, 0.3) is 0 Å². The van der Waals surface area contributed by atoms with E-state index in [1.54, 1.807) is 12.4 Å².